The van der Waals surface area contributed by atoms with Crippen LogP contribution in [-0.4, -0.2) is 84.5 Å². The van der Waals surface area contributed by atoms with Crippen LogP contribution in [0.4, 0.5) is 17.1 Å². The first-order chi connectivity index (χ1) is 31.5. The van der Waals surface area contributed by atoms with Crippen molar-refractivity contribution in [1.29, 1.82) is 0 Å². The molecule has 1 unspecified atom stereocenters. The molecular formula is C49H60N8O7S. The Kier molecular flexibility index (Phi) is 13.4. The summed E-state index contributed by atoms with van der Waals surface area (Å²) in [5, 5.41) is 15.3. The zero-order valence-corrected chi connectivity index (χ0v) is 38.1. The molecule has 5 aromatic rings. The molecule has 3 saturated heterocycles. The lowest BCUT2D eigenvalue weighted by molar-refractivity contribution is -0.384. The number of hydrogen-bond acceptors (Lipinski definition) is 12. The maximum Gasteiger partial charge on any atom is 0.296 e. The molecular weight excluding hydrogens is 845 g/mol. The fraction of sp³-hybridized carbons (Fsp3) is 0.490. The molecule has 6 heterocycles. The number of amides is 1. The first kappa shape index (κ1) is 44.6. The van der Waals surface area contributed by atoms with Crippen molar-refractivity contribution < 1.29 is 27.6 Å². The molecule has 2 aromatic carbocycles. The highest BCUT2D eigenvalue weighted by atomic mass is 32.2. The number of fused-ring (bicyclic) bond motifs is 1. The number of H-pyrrole nitrogens is 1. The second kappa shape index (κ2) is 19.5. The molecule has 16 heteroatoms. The quantitative estimate of drug-likeness (QED) is 0.0710. The van der Waals surface area contributed by atoms with Crippen molar-refractivity contribution in [3.63, 3.8) is 0 Å². The van der Waals surface area contributed by atoms with E-state index < -0.39 is 31.6 Å². The van der Waals surface area contributed by atoms with Gasteiger partial charge in [0.15, 0.2) is 5.03 Å². The number of piperidine rings is 1. The summed E-state index contributed by atoms with van der Waals surface area (Å²) in [7, 11) is -4.65. The standard InChI is InChI=1S/C49H60N8O7S/c1-32(2)40-6-3-4-7-41(40)44-8-5-21-56(44)37-11-9-34(10-12-37)35-16-22-55(23-17-35)38-13-14-42(46(27-38)64-39-26-36-15-20-50-48(36)53-30-39)49(58)54-65(61,62)47-28-45(57(59)60)43(31-52-47)51-29-33-18-24-63-25-19-33/h3-4,6-7,13-15,20,26-28,30-35,37,44,51H,5,8-12,16-19,21-25,29H2,1-2H3,(H,50,53)(H,54,58). The van der Waals surface area contributed by atoms with E-state index in [0.717, 1.165) is 62.1 Å². The van der Waals surface area contributed by atoms with Gasteiger partial charge in [0, 0.05) is 68.3 Å². The van der Waals surface area contributed by atoms with Crippen molar-refractivity contribution >= 4 is 44.0 Å². The number of sulfonamides is 1. The lowest BCUT2D eigenvalue weighted by Gasteiger charge is -2.43. The molecule has 3 aliphatic heterocycles. The number of aromatic amines is 1. The number of carbonyl (C=O) groups is 1. The van der Waals surface area contributed by atoms with E-state index in [9.17, 15) is 23.3 Å². The summed E-state index contributed by atoms with van der Waals surface area (Å²) >= 11 is 0. The first-order valence-corrected chi connectivity index (χ1v) is 24.9. The van der Waals surface area contributed by atoms with E-state index in [1.165, 1.54) is 56.2 Å². The molecule has 1 aliphatic carbocycles. The monoisotopic (exact) mass is 904 g/mol. The van der Waals surface area contributed by atoms with Gasteiger partial charge in [-0.05, 0) is 130 Å². The van der Waals surface area contributed by atoms with Gasteiger partial charge >= 0.3 is 0 Å². The SMILES string of the molecule is CC(C)c1ccccc1C1CCCN1C1CCC(C2CCN(c3ccc(C(=O)NS(=O)(=O)c4cc([N+](=O)[O-])c(NCC5CCOCC5)cn4)c(Oc4cnc5[nH]ccc5c4)c3)CC2)CC1. The third-order valence-electron chi connectivity index (χ3n) is 14.3. The Balaban J connectivity index is 0.870. The summed E-state index contributed by atoms with van der Waals surface area (Å²) in [6.07, 6.45) is 15.7. The minimum absolute atomic E-state index is 0.0321. The predicted molar refractivity (Wildman–Crippen MR) is 250 cm³/mol. The number of benzene rings is 2. The third-order valence-corrected chi connectivity index (χ3v) is 15.6. The summed E-state index contributed by atoms with van der Waals surface area (Å²) in [6.45, 7) is 9.19. The minimum Gasteiger partial charge on any atom is -0.455 e. The van der Waals surface area contributed by atoms with Crippen LogP contribution < -0.4 is 19.7 Å². The predicted octanol–water partition coefficient (Wildman–Crippen LogP) is 9.35. The number of anilines is 2. The molecule has 9 rings (SSSR count). The molecule has 1 saturated carbocycles. The average molecular weight is 905 g/mol. The number of nitrogens with one attached hydrogen (secondary N) is 3. The number of ether oxygens (including phenoxy) is 2. The summed E-state index contributed by atoms with van der Waals surface area (Å²) in [5.41, 5.74) is 4.15. The molecule has 65 heavy (non-hydrogen) atoms. The maximum absolute atomic E-state index is 13.9. The Hall–Kier alpha value is -5.58. The normalized spacial score (nSPS) is 21.5. The van der Waals surface area contributed by atoms with Crippen LogP contribution in [-0.2, 0) is 14.8 Å². The second-order valence-electron chi connectivity index (χ2n) is 18.6. The van der Waals surface area contributed by atoms with E-state index in [-0.39, 0.29) is 22.9 Å². The number of hydrogen-bond donors (Lipinski definition) is 3. The highest BCUT2D eigenvalue weighted by Crippen LogP contribution is 2.44. The molecule has 4 fully saturated rings. The van der Waals surface area contributed by atoms with Crippen molar-refractivity contribution in [2.75, 3.05) is 49.6 Å². The minimum atomic E-state index is -4.65. The fourth-order valence-electron chi connectivity index (χ4n) is 10.8. The Labute approximate surface area is 380 Å². The van der Waals surface area contributed by atoms with Crippen molar-refractivity contribution in [2.45, 2.75) is 101 Å². The van der Waals surface area contributed by atoms with Crippen LogP contribution in [0.25, 0.3) is 11.0 Å². The van der Waals surface area contributed by atoms with Crippen molar-refractivity contribution in [3.8, 4) is 11.5 Å². The van der Waals surface area contributed by atoms with Gasteiger partial charge in [-0.15, -0.1) is 0 Å². The maximum atomic E-state index is 13.9. The van der Waals surface area contributed by atoms with Gasteiger partial charge in [0.25, 0.3) is 21.6 Å². The van der Waals surface area contributed by atoms with Crippen LogP contribution in [0.5, 0.6) is 11.5 Å². The summed E-state index contributed by atoms with van der Waals surface area (Å²) in [5.74, 6) is 1.68. The van der Waals surface area contributed by atoms with Crippen LogP contribution in [0.3, 0.4) is 0 Å². The second-order valence-corrected chi connectivity index (χ2v) is 20.2. The number of aromatic nitrogens is 3. The zero-order valence-electron chi connectivity index (χ0n) is 37.3. The Morgan fingerprint density at radius 3 is 2.46 bits per heavy atom. The van der Waals surface area contributed by atoms with E-state index in [1.807, 2.05) is 12.1 Å². The van der Waals surface area contributed by atoms with Crippen molar-refractivity contribution in [3.05, 3.63) is 106 Å². The number of nitro groups is 1. The van der Waals surface area contributed by atoms with Crippen LogP contribution in [0.1, 0.15) is 112 Å². The summed E-state index contributed by atoms with van der Waals surface area (Å²) in [6, 6.07) is 19.9. The largest absolute Gasteiger partial charge is 0.455 e. The molecule has 344 valence electrons. The number of rotatable bonds is 14. The van der Waals surface area contributed by atoms with Gasteiger partial charge in [-0.25, -0.2) is 14.7 Å². The fourth-order valence-corrected chi connectivity index (χ4v) is 11.7. The molecule has 3 aromatic heterocycles. The molecule has 0 bridgehead atoms. The molecule has 1 atom stereocenters. The Morgan fingerprint density at radius 2 is 1.69 bits per heavy atom. The van der Waals surface area contributed by atoms with Gasteiger partial charge in [0.1, 0.15) is 22.8 Å². The average Bonchev–Trinajstić information content (AvgIpc) is 4.02. The van der Waals surface area contributed by atoms with E-state index >= 15 is 0 Å². The Morgan fingerprint density at radius 1 is 0.923 bits per heavy atom. The number of carbonyl (C=O) groups excluding carboxylic acids is 1. The lowest BCUT2D eigenvalue weighted by atomic mass is 9.74. The van der Waals surface area contributed by atoms with E-state index in [0.29, 0.717) is 61.0 Å². The number of pyridine rings is 2. The van der Waals surface area contributed by atoms with Gasteiger partial charge < -0.3 is 24.7 Å². The molecule has 0 radical (unpaired) electrons. The van der Waals surface area contributed by atoms with Crippen LogP contribution >= 0.6 is 0 Å². The van der Waals surface area contributed by atoms with Crippen LogP contribution in [0, 0.1) is 27.9 Å². The summed E-state index contributed by atoms with van der Waals surface area (Å²) < 4.78 is 41.1. The van der Waals surface area contributed by atoms with Gasteiger partial charge in [0.2, 0.25) is 0 Å². The summed E-state index contributed by atoms with van der Waals surface area (Å²) in [4.78, 5) is 42.0. The topological polar surface area (TPSA) is 185 Å². The number of nitrogens with zero attached hydrogens (tertiary/aromatic N) is 5. The van der Waals surface area contributed by atoms with E-state index in [4.69, 9.17) is 9.47 Å². The first-order valence-electron chi connectivity index (χ1n) is 23.4. The van der Waals surface area contributed by atoms with E-state index in [2.05, 4.69) is 72.9 Å². The van der Waals surface area contributed by atoms with Crippen molar-refractivity contribution in [2.24, 2.45) is 17.8 Å². The smallest absolute Gasteiger partial charge is 0.296 e. The van der Waals surface area contributed by atoms with Gasteiger partial charge in [-0.1, -0.05) is 38.1 Å². The van der Waals surface area contributed by atoms with Crippen LogP contribution in [0.2, 0.25) is 0 Å². The molecule has 4 aliphatic rings. The van der Waals surface area contributed by atoms with Gasteiger partial charge in [0.05, 0.1) is 28.9 Å². The lowest BCUT2D eigenvalue weighted by Crippen LogP contribution is -2.41. The van der Waals surface area contributed by atoms with Gasteiger partial charge in [-0.3, -0.25) is 19.8 Å². The molecule has 15 nitrogen and oxygen atoms in total. The Bertz CT molecular complexity index is 2600. The number of likely N-dealkylation sites (tertiary alicyclic amines) is 1. The van der Waals surface area contributed by atoms with Crippen LogP contribution in [0.15, 0.2) is 84.3 Å². The third kappa shape index (κ3) is 9.99. The van der Waals surface area contributed by atoms with Crippen molar-refractivity contribution in [1.82, 2.24) is 24.6 Å². The highest BCUT2D eigenvalue weighted by Gasteiger charge is 2.38. The van der Waals surface area contributed by atoms with E-state index in [1.54, 1.807) is 30.6 Å². The highest BCUT2D eigenvalue weighted by molar-refractivity contribution is 7.90. The molecule has 1 amide bonds. The van der Waals surface area contributed by atoms with Gasteiger partial charge in [-0.2, -0.15) is 8.42 Å². The molecule has 0 spiro atoms. The zero-order chi connectivity index (χ0) is 45.1. The molecule has 3 N–H and O–H groups in total.